The van der Waals surface area contributed by atoms with E-state index in [1.165, 1.54) is 6.07 Å². The molecule has 23 heteroatoms. The molecule has 0 saturated heterocycles. The number of methoxy groups -OCH3 is 1. The Bertz CT molecular complexity index is 7130. The van der Waals surface area contributed by atoms with E-state index in [1.807, 2.05) is 170 Å². The molecule has 12 aromatic rings. The monoisotopic (exact) mass is 1950 g/mol. The summed E-state index contributed by atoms with van der Waals surface area (Å²) in [6.07, 6.45) is 2.51. The summed E-state index contributed by atoms with van der Waals surface area (Å²) >= 11 is 0. The molecule has 0 amide bonds. The van der Waals surface area contributed by atoms with Gasteiger partial charge >= 0.3 is 0 Å². The third-order valence-electron chi connectivity index (χ3n) is 30.5. The van der Waals surface area contributed by atoms with Crippen LogP contribution in [-0.2, 0) is 86.2 Å². The SMILES string of the molecule is CCc1ccc([C@@H]2C[C@@H]3C(S(=O)(=O)c4ccc(C)cc4)[C@H](c4ccc(CC)cc4)CC(=O)[C@@H]3CC2S(=O)(=O)c2ccc(C)cc2)cc1.COc1ccc([C@@H]2CC(=O)[C@@H]3CC(S(=O)(=O)c4ccc(C)cc4)[C@H](c4ccc(C)cc4)C[C@@H]3C2S(=O)(=O)c2ccccc2)cc1.Cc1ccc([C@@H]2C[C@@H]3C(S(=O)(=O)c4ccc(C)cc4)[C@H](c4ccccc4F)CC(=O)[C@@H]3CC2S(=O)(=O)c2ccc(C)cc2)cc1. The lowest BCUT2D eigenvalue weighted by Crippen LogP contribution is -2.53. The minimum Gasteiger partial charge on any atom is -0.497 e. The van der Waals surface area contributed by atoms with Crippen LogP contribution in [0.5, 0.6) is 5.75 Å². The number of fused-ring (bicyclic) bond motifs is 3. The van der Waals surface area contributed by atoms with Gasteiger partial charge in [0, 0.05) is 72.5 Å². The molecule has 6 aliphatic rings. The van der Waals surface area contributed by atoms with Crippen molar-refractivity contribution in [1.29, 1.82) is 0 Å². The minimum absolute atomic E-state index is 0.00215. The molecule has 0 heterocycles. The molecule has 6 aliphatic carbocycles. The second kappa shape index (κ2) is 40.5. The van der Waals surface area contributed by atoms with Crippen LogP contribution >= 0.6 is 0 Å². The van der Waals surface area contributed by atoms with Gasteiger partial charge in [-0.1, -0.05) is 259 Å². The van der Waals surface area contributed by atoms with E-state index in [9.17, 15) is 64.9 Å². The standard InChI is InChI=1S/C40H44O5S2.C37H37FO5S2.C37H38O6S2/c1-5-28-11-15-30(16-12-28)34-23-37-36(25-39(34)46(42,43)32-19-7-26(3)8-20-32)38(41)24-35(31-17-13-29(6-2)14-18-31)40(37)47(44,45)33-21-9-27(4)10-22-33;1-23-8-14-26(15-9-23)30-20-32-31(22-36(30)44(40,41)27-16-10-24(2)11-17-27)35(39)21-33(29-6-4-5-7-34(29)38)37(32)45(42,43)28-18-12-25(3)13-19-28;1-24-9-13-26(14-10-24)31-21-34-33(23-36(31)44(39,40)30-19-11-25(2)12-20-30)35(38)22-32(27-15-17-28(43-3)18-16-27)37(34)45(41,42)29-7-5-4-6-8-29/h7-22,34-37,39-40H,5-6,23-25H2,1-4H3;4-19,30-33,36-37H,20-22H2,1-3H3;4-20,31-34,36-37H,21-23H2,1-3H3/t34-,35-,36+,37-,39?,40?;30-,31+,32-,33-,36?,37?;31-,32-,33+,34-,36?,37?/m000/s1. The predicted molar refractivity (Wildman–Crippen MR) is 536 cm³/mol. The number of ketones is 3. The topological polar surface area (TPSA) is 265 Å². The lowest BCUT2D eigenvalue weighted by Gasteiger charge is -2.48. The fraction of sp³-hybridized carbons (Fsp3) is 0.342. The van der Waals surface area contributed by atoms with E-state index in [4.69, 9.17) is 4.74 Å². The van der Waals surface area contributed by atoms with Crippen molar-refractivity contribution in [3.05, 3.63) is 387 Å². The Balaban J connectivity index is 0.000000149. The number of hydrogen-bond donors (Lipinski definition) is 0. The van der Waals surface area contributed by atoms with Crippen molar-refractivity contribution in [1.82, 2.24) is 0 Å². The number of sulfone groups is 6. The van der Waals surface area contributed by atoms with Gasteiger partial charge in [-0.3, -0.25) is 14.4 Å². The third-order valence-corrected chi connectivity index (χ3v) is 44.2. The summed E-state index contributed by atoms with van der Waals surface area (Å²) in [7, 11) is -22.0. The first-order valence-corrected chi connectivity index (χ1v) is 56.7. The molecule has 18 rings (SSSR count). The summed E-state index contributed by atoms with van der Waals surface area (Å²) in [5.74, 6) is -7.80. The average molecular weight is 1960 g/mol. The maximum Gasteiger partial charge on any atom is 0.182 e. The van der Waals surface area contributed by atoms with Gasteiger partial charge in [-0.25, -0.2) is 54.9 Å². The average Bonchev–Trinajstić information content (AvgIpc) is 0.742. The molecule has 0 aliphatic heterocycles. The van der Waals surface area contributed by atoms with Gasteiger partial charge in [-0.05, 0) is 253 Å². The number of benzene rings is 12. The van der Waals surface area contributed by atoms with E-state index in [-0.39, 0.29) is 110 Å². The zero-order valence-corrected chi connectivity index (χ0v) is 83.7. The van der Waals surface area contributed by atoms with Gasteiger partial charge in [0.05, 0.1) is 68.0 Å². The van der Waals surface area contributed by atoms with Crippen molar-refractivity contribution in [3.8, 4) is 5.75 Å². The van der Waals surface area contributed by atoms with E-state index in [2.05, 4.69) is 13.8 Å². The number of ether oxygens (including phenoxy) is 1. The van der Waals surface area contributed by atoms with Crippen LogP contribution < -0.4 is 4.74 Å². The zero-order valence-electron chi connectivity index (χ0n) is 78.8. The lowest BCUT2D eigenvalue weighted by atomic mass is 9.61. The minimum atomic E-state index is -4.08. The molecule has 12 aromatic carbocycles. The molecular weight excluding hydrogens is 1840 g/mol. The molecule has 6 fully saturated rings. The smallest absolute Gasteiger partial charge is 0.182 e. The Kier molecular flexibility index (Phi) is 29.3. The molecule has 0 radical (unpaired) electrons. The number of halogens is 1. The second-order valence-corrected chi connectivity index (χ2v) is 51.7. The molecule has 6 saturated carbocycles. The van der Waals surface area contributed by atoms with Crippen molar-refractivity contribution < 1.29 is 74.0 Å². The molecule has 0 N–H and O–H groups in total. The normalized spacial score (nSPS) is 25.2. The van der Waals surface area contributed by atoms with Crippen LogP contribution in [0.15, 0.2) is 327 Å². The Labute approximate surface area is 808 Å². The highest BCUT2D eigenvalue weighted by molar-refractivity contribution is 7.93. The first kappa shape index (κ1) is 99.1. The molecule has 0 bridgehead atoms. The summed E-state index contributed by atoms with van der Waals surface area (Å²) in [6.45, 7) is 17.6. The molecule has 6 unspecified atom stereocenters. The highest BCUT2D eigenvalue weighted by Gasteiger charge is 2.61. The van der Waals surface area contributed by atoms with E-state index in [1.54, 1.807) is 177 Å². The van der Waals surface area contributed by atoms with Crippen LogP contribution in [0.2, 0.25) is 0 Å². The van der Waals surface area contributed by atoms with Gasteiger partial charge in [0.1, 0.15) is 28.9 Å². The van der Waals surface area contributed by atoms with Gasteiger partial charge in [0.2, 0.25) is 0 Å². The molecule has 16 nitrogen and oxygen atoms in total. The van der Waals surface area contributed by atoms with Gasteiger partial charge < -0.3 is 4.74 Å². The number of Topliss-reactive ketones (excluding diaryl/α,β-unsaturated/α-hetero) is 3. The number of aryl methyl sites for hydroxylation is 9. The van der Waals surface area contributed by atoms with Crippen LogP contribution in [0.1, 0.15) is 191 Å². The van der Waals surface area contributed by atoms with E-state index < -0.39 is 167 Å². The number of carbonyl (C=O) groups is 3. The quantitative estimate of drug-likeness (QED) is 0.0647. The first-order chi connectivity index (χ1) is 65.3. The molecule has 0 aromatic heterocycles. The van der Waals surface area contributed by atoms with Crippen molar-refractivity contribution >= 4 is 76.4 Å². The van der Waals surface area contributed by atoms with Crippen LogP contribution in [0.25, 0.3) is 0 Å². The Hall–Kier alpha value is -10.9. The Morgan fingerprint density at radius 3 is 0.774 bits per heavy atom. The summed E-state index contributed by atoms with van der Waals surface area (Å²) in [5, 5.41) is -5.55. The largest absolute Gasteiger partial charge is 0.497 e. The number of rotatable bonds is 21. The Morgan fingerprint density at radius 1 is 0.255 bits per heavy atom. The van der Waals surface area contributed by atoms with Crippen molar-refractivity contribution in [3.63, 3.8) is 0 Å². The van der Waals surface area contributed by atoms with E-state index in [0.717, 1.165) is 90.7 Å². The maximum absolute atomic E-state index is 15.4. The van der Waals surface area contributed by atoms with Crippen molar-refractivity contribution in [2.45, 2.75) is 229 Å². The third kappa shape index (κ3) is 20.2. The molecular formula is C114H119FO16S6. The van der Waals surface area contributed by atoms with E-state index in [0.29, 0.717) is 5.75 Å². The van der Waals surface area contributed by atoms with Crippen molar-refractivity contribution in [2.24, 2.45) is 35.5 Å². The van der Waals surface area contributed by atoms with Crippen LogP contribution in [0.3, 0.4) is 0 Å². The molecule has 18 atom stereocenters. The van der Waals surface area contributed by atoms with Crippen molar-refractivity contribution in [2.75, 3.05) is 7.11 Å². The highest BCUT2D eigenvalue weighted by Crippen LogP contribution is 2.59. The zero-order chi connectivity index (χ0) is 97.5. The van der Waals surface area contributed by atoms with Crippen LogP contribution in [0.4, 0.5) is 4.39 Å². The summed E-state index contributed by atoms with van der Waals surface area (Å²) < 4.78 is 195. The molecule has 137 heavy (non-hydrogen) atoms. The summed E-state index contributed by atoms with van der Waals surface area (Å²) in [4.78, 5) is 43.5. The summed E-state index contributed by atoms with van der Waals surface area (Å²) in [6, 6.07) is 87.3. The fourth-order valence-electron chi connectivity index (χ4n) is 23.0. The van der Waals surface area contributed by atoms with Gasteiger partial charge in [0.25, 0.3) is 0 Å². The second-order valence-electron chi connectivity index (χ2n) is 38.8. The fourth-order valence-corrected chi connectivity index (χ4v) is 35.9. The number of hydrogen-bond acceptors (Lipinski definition) is 16. The number of carbonyl (C=O) groups excluding carboxylic acids is 3. The van der Waals surface area contributed by atoms with Crippen LogP contribution in [-0.4, -0.2) is 106 Å². The maximum atomic E-state index is 15.4. The lowest BCUT2D eigenvalue weighted by molar-refractivity contribution is -0.129. The van der Waals surface area contributed by atoms with Crippen LogP contribution in [0, 0.1) is 89.8 Å². The highest BCUT2D eigenvalue weighted by atomic mass is 32.2. The van der Waals surface area contributed by atoms with Gasteiger partial charge in [0.15, 0.2) is 59.0 Å². The molecule has 714 valence electrons. The Morgan fingerprint density at radius 2 is 0.489 bits per heavy atom. The van der Waals surface area contributed by atoms with Gasteiger partial charge in [-0.15, -0.1) is 0 Å². The van der Waals surface area contributed by atoms with E-state index >= 15 is 4.39 Å². The summed E-state index contributed by atoms with van der Waals surface area (Å²) in [5.41, 5.74) is 13.3. The molecule has 0 spiro atoms. The first-order valence-electron chi connectivity index (χ1n) is 47.4. The van der Waals surface area contributed by atoms with Gasteiger partial charge in [-0.2, -0.15) is 0 Å². The predicted octanol–water partition coefficient (Wildman–Crippen LogP) is 22.1.